The Balaban J connectivity index is 1.66. The molecule has 0 bridgehead atoms. The lowest BCUT2D eigenvalue weighted by molar-refractivity contribution is 0.0766. The van der Waals surface area contributed by atoms with Crippen LogP contribution in [0, 0.1) is 6.92 Å². The summed E-state index contributed by atoms with van der Waals surface area (Å²) in [6, 6.07) is 19.5. The second-order valence-electron chi connectivity index (χ2n) is 6.19. The quantitative estimate of drug-likeness (QED) is 0.675. The fourth-order valence-corrected chi connectivity index (χ4v) is 2.51. The molecule has 0 saturated carbocycles. The topological polar surface area (TPSA) is 64.4 Å². The van der Waals surface area contributed by atoms with Gasteiger partial charge in [-0.05, 0) is 37.3 Å². The highest BCUT2D eigenvalue weighted by atomic mass is 16.5. The van der Waals surface area contributed by atoms with Gasteiger partial charge in [-0.1, -0.05) is 35.9 Å². The first-order chi connectivity index (χ1) is 13.0. The molecule has 1 amide bonds. The van der Waals surface area contributed by atoms with Crippen molar-refractivity contribution in [2.24, 2.45) is 0 Å². The number of hydrogen-bond donors (Lipinski definition) is 0. The van der Waals surface area contributed by atoms with Gasteiger partial charge in [0.15, 0.2) is 0 Å². The molecule has 0 N–H and O–H groups in total. The average Bonchev–Trinajstić information content (AvgIpc) is 2.70. The highest BCUT2D eigenvalue weighted by Crippen LogP contribution is 2.11. The van der Waals surface area contributed by atoms with Gasteiger partial charge in [0.1, 0.15) is 18.1 Å². The highest BCUT2D eigenvalue weighted by molar-refractivity contribution is 5.91. The molecule has 0 aliphatic rings. The number of aromatic nitrogens is 2. The number of ether oxygens (including phenoxy) is 1. The van der Waals surface area contributed by atoms with E-state index >= 15 is 0 Å². The molecular weight excluding hydrogens is 342 g/mol. The highest BCUT2D eigenvalue weighted by Gasteiger charge is 2.15. The van der Waals surface area contributed by atoms with Crippen LogP contribution in [0.1, 0.15) is 16.1 Å². The minimum Gasteiger partial charge on any atom is -0.492 e. The molecule has 0 atom stereocenters. The lowest BCUT2D eigenvalue weighted by atomic mass is 10.2. The van der Waals surface area contributed by atoms with Crippen LogP contribution in [0.5, 0.6) is 5.75 Å². The van der Waals surface area contributed by atoms with E-state index in [0.29, 0.717) is 18.8 Å². The molecule has 0 spiro atoms. The Kier molecular flexibility index (Phi) is 5.66. The van der Waals surface area contributed by atoms with Crippen molar-refractivity contribution in [3.63, 3.8) is 0 Å². The first-order valence-electron chi connectivity index (χ1n) is 8.65. The van der Waals surface area contributed by atoms with Crippen LogP contribution in [0.15, 0.2) is 71.5 Å². The van der Waals surface area contributed by atoms with E-state index in [4.69, 9.17) is 4.74 Å². The zero-order chi connectivity index (χ0) is 19.2. The normalized spacial score (nSPS) is 10.4. The van der Waals surface area contributed by atoms with Crippen LogP contribution in [-0.2, 0) is 0 Å². The number of aryl methyl sites for hydroxylation is 1. The molecule has 0 aliphatic carbocycles. The van der Waals surface area contributed by atoms with Gasteiger partial charge in [-0.25, -0.2) is 0 Å². The maximum atomic E-state index is 12.6. The molecule has 2 aromatic carbocycles. The first-order valence-corrected chi connectivity index (χ1v) is 8.65. The predicted octanol–water partition coefficient (Wildman–Crippen LogP) is 2.69. The fourth-order valence-electron chi connectivity index (χ4n) is 2.51. The lowest BCUT2D eigenvalue weighted by Gasteiger charge is -2.17. The van der Waals surface area contributed by atoms with Crippen molar-refractivity contribution in [1.29, 1.82) is 0 Å². The smallest absolute Gasteiger partial charge is 0.274 e. The molecule has 1 heterocycles. The van der Waals surface area contributed by atoms with E-state index in [2.05, 4.69) is 5.10 Å². The van der Waals surface area contributed by atoms with E-state index in [1.807, 2.05) is 49.4 Å². The molecule has 6 heteroatoms. The minimum absolute atomic E-state index is 0.205. The molecule has 6 nitrogen and oxygen atoms in total. The SMILES string of the molecule is Cc1ccc(OCCN(C)C(=O)c2ccc(=O)n(-c3ccccc3)n2)cc1. The summed E-state index contributed by atoms with van der Waals surface area (Å²) in [5.74, 6) is 0.490. The molecule has 3 aromatic rings. The van der Waals surface area contributed by atoms with Crippen LogP contribution < -0.4 is 10.3 Å². The summed E-state index contributed by atoms with van der Waals surface area (Å²) < 4.78 is 6.89. The molecule has 3 rings (SSSR count). The number of hydrogen-bond acceptors (Lipinski definition) is 4. The summed E-state index contributed by atoms with van der Waals surface area (Å²) in [6.45, 7) is 2.78. The van der Waals surface area contributed by atoms with Crippen molar-refractivity contribution in [2.45, 2.75) is 6.92 Å². The lowest BCUT2D eigenvalue weighted by Crippen LogP contribution is -2.33. The maximum Gasteiger partial charge on any atom is 0.274 e. The molecule has 27 heavy (non-hydrogen) atoms. The van der Waals surface area contributed by atoms with Gasteiger partial charge < -0.3 is 9.64 Å². The maximum absolute atomic E-state index is 12.6. The van der Waals surface area contributed by atoms with Crippen LogP contribution in [0.25, 0.3) is 5.69 Å². The van der Waals surface area contributed by atoms with E-state index in [0.717, 1.165) is 11.3 Å². The van der Waals surface area contributed by atoms with E-state index in [-0.39, 0.29) is 17.2 Å². The van der Waals surface area contributed by atoms with Gasteiger partial charge in [0, 0.05) is 13.1 Å². The summed E-state index contributed by atoms with van der Waals surface area (Å²) in [6.07, 6.45) is 0. The minimum atomic E-state index is -0.289. The Morgan fingerprint density at radius 3 is 2.44 bits per heavy atom. The van der Waals surface area contributed by atoms with Crippen molar-refractivity contribution >= 4 is 5.91 Å². The molecule has 0 unspecified atom stereocenters. The Morgan fingerprint density at radius 1 is 1.04 bits per heavy atom. The third kappa shape index (κ3) is 4.61. The number of carbonyl (C=O) groups excluding carboxylic acids is 1. The number of benzene rings is 2. The largest absolute Gasteiger partial charge is 0.492 e. The Morgan fingerprint density at radius 2 is 1.74 bits per heavy atom. The van der Waals surface area contributed by atoms with Crippen molar-refractivity contribution in [3.8, 4) is 11.4 Å². The van der Waals surface area contributed by atoms with E-state index < -0.39 is 0 Å². The first kappa shape index (κ1) is 18.4. The second-order valence-corrected chi connectivity index (χ2v) is 6.19. The summed E-state index contributed by atoms with van der Waals surface area (Å²) in [4.78, 5) is 26.2. The number of carbonyl (C=O) groups is 1. The number of para-hydroxylation sites is 1. The average molecular weight is 363 g/mol. The molecular formula is C21H21N3O3. The van der Waals surface area contributed by atoms with Gasteiger partial charge in [0.05, 0.1) is 12.2 Å². The van der Waals surface area contributed by atoms with Crippen molar-refractivity contribution < 1.29 is 9.53 Å². The Labute approximate surface area is 157 Å². The van der Waals surface area contributed by atoms with Crippen molar-refractivity contribution in [3.05, 3.63) is 88.3 Å². The number of rotatable bonds is 6. The van der Waals surface area contributed by atoms with Gasteiger partial charge in [0.25, 0.3) is 11.5 Å². The Hall–Kier alpha value is -3.41. The molecule has 1 aromatic heterocycles. The molecule has 138 valence electrons. The van der Waals surface area contributed by atoms with Gasteiger partial charge in [-0.2, -0.15) is 9.78 Å². The predicted molar refractivity (Wildman–Crippen MR) is 103 cm³/mol. The summed E-state index contributed by atoms with van der Waals surface area (Å²) in [7, 11) is 1.68. The molecule has 0 radical (unpaired) electrons. The molecule has 0 fully saturated rings. The van der Waals surface area contributed by atoms with Gasteiger partial charge in [-0.15, -0.1) is 0 Å². The van der Waals surface area contributed by atoms with Crippen LogP contribution in [0.2, 0.25) is 0 Å². The van der Waals surface area contributed by atoms with Crippen LogP contribution in [0.3, 0.4) is 0 Å². The zero-order valence-electron chi connectivity index (χ0n) is 15.3. The second kappa shape index (κ2) is 8.31. The van der Waals surface area contributed by atoms with E-state index in [1.165, 1.54) is 21.7 Å². The van der Waals surface area contributed by atoms with Crippen LogP contribution >= 0.6 is 0 Å². The van der Waals surface area contributed by atoms with Crippen molar-refractivity contribution in [2.75, 3.05) is 20.2 Å². The van der Waals surface area contributed by atoms with E-state index in [1.54, 1.807) is 19.2 Å². The Bertz CT molecular complexity index is 966. The number of likely N-dealkylation sites (N-methyl/N-ethyl adjacent to an activating group) is 1. The number of nitrogens with zero attached hydrogens (tertiary/aromatic N) is 3. The summed E-state index contributed by atoms with van der Waals surface area (Å²) in [5, 5.41) is 4.21. The van der Waals surface area contributed by atoms with Gasteiger partial charge in [-0.3, -0.25) is 9.59 Å². The summed E-state index contributed by atoms with van der Waals surface area (Å²) in [5.41, 5.74) is 1.69. The fraction of sp³-hybridized carbons (Fsp3) is 0.190. The van der Waals surface area contributed by atoms with Gasteiger partial charge in [0.2, 0.25) is 0 Å². The molecule has 0 aliphatic heterocycles. The third-order valence-corrected chi connectivity index (χ3v) is 4.08. The standard InChI is InChI=1S/C21H21N3O3/c1-16-8-10-18(11-9-16)27-15-14-23(2)21(26)19-12-13-20(25)24(22-19)17-6-4-3-5-7-17/h3-13H,14-15H2,1-2H3. The monoisotopic (exact) mass is 363 g/mol. The zero-order valence-corrected chi connectivity index (χ0v) is 15.3. The molecule has 0 saturated heterocycles. The van der Waals surface area contributed by atoms with Crippen LogP contribution in [0.4, 0.5) is 0 Å². The van der Waals surface area contributed by atoms with E-state index in [9.17, 15) is 9.59 Å². The van der Waals surface area contributed by atoms with Gasteiger partial charge >= 0.3 is 0 Å². The van der Waals surface area contributed by atoms with Crippen LogP contribution in [-0.4, -0.2) is 40.8 Å². The van der Waals surface area contributed by atoms with Crippen molar-refractivity contribution in [1.82, 2.24) is 14.7 Å². The number of amides is 1. The summed E-state index contributed by atoms with van der Waals surface area (Å²) >= 11 is 0. The third-order valence-electron chi connectivity index (χ3n) is 4.08.